The summed E-state index contributed by atoms with van der Waals surface area (Å²) < 4.78 is 10.6. The number of esters is 2. The summed E-state index contributed by atoms with van der Waals surface area (Å²) in [6.07, 6.45) is 69.1. The highest BCUT2D eigenvalue weighted by Crippen LogP contribution is 2.07. The van der Waals surface area contributed by atoms with Gasteiger partial charge in [0.2, 0.25) is 0 Å². The Morgan fingerprint density at radius 2 is 0.696 bits per heavy atom. The maximum atomic E-state index is 12.2. The number of carbonyl (C=O) groups excluding carboxylic acids is 2. The number of hydrogen-bond acceptors (Lipinski definition) is 5. The Hall–Kier alpha value is -4.22. The van der Waals surface area contributed by atoms with Gasteiger partial charge in [-0.15, -0.1) is 0 Å². The summed E-state index contributed by atoms with van der Waals surface area (Å²) in [5, 5.41) is 9.58. The lowest BCUT2D eigenvalue weighted by atomic mass is 10.1. The quantitative estimate of drug-likeness (QED) is 0.0390. The minimum absolute atomic E-state index is 0.118. The fourth-order valence-corrected chi connectivity index (χ4v) is 4.97. The fraction of sp³-hybridized carbons (Fsp3) is 0.490. The zero-order valence-corrected chi connectivity index (χ0v) is 35.1. The second-order valence-corrected chi connectivity index (χ2v) is 13.3. The molecule has 0 aromatic carbocycles. The maximum absolute atomic E-state index is 12.2. The normalized spacial score (nSPS) is 13.7. The average Bonchev–Trinajstić information content (AvgIpc) is 3.20. The number of hydrogen-bond donors (Lipinski definition) is 1. The number of aliphatic hydroxyl groups excluding tert-OH is 1. The molecule has 1 unspecified atom stereocenters. The van der Waals surface area contributed by atoms with E-state index in [1.165, 1.54) is 0 Å². The van der Waals surface area contributed by atoms with Gasteiger partial charge in [0.15, 0.2) is 6.10 Å². The molecule has 5 nitrogen and oxygen atoms in total. The molecule has 1 atom stereocenters. The molecule has 0 fully saturated rings. The van der Waals surface area contributed by atoms with Crippen molar-refractivity contribution < 1.29 is 24.2 Å². The van der Waals surface area contributed by atoms with Crippen molar-refractivity contribution in [2.75, 3.05) is 13.2 Å². The molecule has 0 heterocycles. The summed E-state index contributed by atoms with van der Waals surface area (Å²) >= 11 is 0. The molecule has 0 aromatic rings. The smallest absolute Gasteiger partial charge is 0.306 e. The minimum Gasteiger partial charge on any atom is -0.462 e. The van der Waals surface area contributed by atoms with Crippen LogP contribution in [0.3, 0.4) is 0 Å². The first-order valence-electron chi connectivity index (χ1n) is 21.4. The lowest BCUT2D eigenvalue weighted by molar-refractivity contribution is -0.161. The number of carbonyl (C=O) groups is 2. The topological polar surface area (TPSA) is 72.8 Å². The molecule has 0 saturated carbocycles. The lowest BCUT2D eigenvalue weighted by Gasteiger charge is -2.15. The van der Waals surface area contributed by atoms with E-state index in [1.54, 1.807) is 0 Å². The van der Waals surface area contributed by atoms with Crippen LogP contribution >= 0.6 is 0 Å². The van der Waals surface area contributed by atoms with Crippen LogP contribution < -0.4 is 0 Å². The molecule has 0 aliphatic heterocycles. The number of ether oxygens (including phenoxy) is 2. The third-order valence-electron chi connectivity index (χ3n) is 8.13. The van der Waals surface area contributed by atoms with Crippen LogP contribution in [-0.2, 0) is 19.1 Å². The Labute approximate surface area is 342 Å². The van der Waals surface area contributed by atoms with Crippen molar-refractivity contribution >= 4 is 11.9 Å². The summed E-state index contributed by atoms with van der Waals surface area (Å²) in [6.45, 7) is 3.81. The molecule has 0 spiro atoms. The predicted molar refractivity (Wildman–Crippen MR) is 241 cm³/mol. The van der Waals surface area contributed by atoms with E-state index in [9.17, 15) is 14.7 Å². The van der Waals surface area contributed by atoms with Gasteiger partial charge in [0.1, 0.15) is 6.61 Å². The summed E-state index contributed by atoms with van der Waals surface area (Å²) in [5.41, 5.74) is 0. The van der Waals surface area contributed by atoms with Crippen LogP contribution in [0.2, 0.25) is 0 Å². The summed E-state index contributed by atoms with van der Waals surface area (Å²) in [6, 6.07) is 0. The molecule has 0 rings (SSSR count). The van der Waals surface area contributed by atoms with E-state index < -0.39 is 6.10 Å². The van der Waals surface area contributed by atoms with Crippen molar-refractivity contribution in [3.05, 3.63) is 146 Å². The van der Waals surface area contributed by atoms with E-state index in [1.807, 2.05) is 0 Å². The molecule has 0 saturated heterocycles. The molecule has 310 valence electrons. The second-order valence-electron chi connectivity index (χ2n) is 13.3. The van der Waals surface area contributed by atoms with Crippen molar-refractivity contribution in [3.8, 4) is 0 Å². The van der Waals surface area contributed by atoms with Gasteiger partial charge in [0.05, 0.1) is 6.61 Å². The fourth-order valence-electron chi connectivity index (χ4n) is 4.97. The van der Waals surface area contributed by atoms with E-state index in [-0.39, 0.29) is 31.6 Å². The van der Waals surface area contributed by atoms with E-state index in [0.717, 1.165) is 109 Å². The molecule has 0 bridgehead atoms. The Kier molecular flexibility index (Phi) is 41.8. The highest BCUT2D eigenvalue weighted by atomic mass is 16.6. The Morgan fingerprint density at radius 3 is 1.00 bits per heavy atom. The van der Waals surface area contributed by atoms with Gasteiger partial charge < -0.3 is 14.6 Å². The van der Waals surface area contributed by atoms with Crippen molar-refractivity contribution in [1.82, 2.24) is 0 Å². The number of unbranched alkanes of at least 4 members (excludes halogenated alkanes) is 4. The van der Waals surface area contributed by atoms with E-state index in [0.29, 0.717) is 12.8 Å². The second kappa shape index (κ2) is 45.2. The van der Waals surface area contributed by atoms with Crippen LogP contribution in [0.4, 0.5) is 0 Å². The average molecular weight is 769 g/mol. The zero-order valence-electron chi connectivity index (χ0n) is 35.1. The Balaban J connectivity index is 3.79. The van der Waals surface area contributed by atoms with Crippen LogP contribution in [0, 0.1) is 0 Å². The standard InChI is InChI=1S/C51H76O5/c1-3-5-7-9-11-13-15-17-19-21-23-25-27-29-31-33-35-37-39-41-43-45-50(53)55-48-49(47-52)56-51(54)46-44-42-40-38-36-34-32-30-28-26-24-22-20-18-16-14-12-10-8-6-4-2/h5-8,11-14,17-20,23-26,29-32,35-38,49,52H,3-4,9-10,15-16,21-22,27-28,33-34,39-48H2,1-2H3/b7-5-,8-6-,13-11-,14-12-,19-17-,20-18-,25-23-,26-24-,31-29-,32-30-,37-35-,38-36-. The Morgan fingerprint density at radius 1 is 0.411 bits per heavy atom. The highest BCUT2D eigenvalue weighted by Gasteiger charge is 2.15. The molecule has 0 amide bonds. The van der Waals surface area contributed by atoms with Crippen molar-refractivity contribution in [3.63, 3.8) is 0 Å². The summed E-state index contributed by atoms with van der Waals surface area (Å²) in [4.78, 5) is 24.3. The van der Waals surface area contributed by atoms with Gasteiger partial charge >= 0.3 is 11.9 Å². The van der Waals surface area contributed by atoms with Crippen LogP contribution in [0.15, 0.2) is 146 Å². The van der Waals surface area contributed by atoms with Crippen molar-refractivity contribution in [2.24, 2.45) is 0 Å². The van der Waals surface area contributed by atoms with Gasteiger partial charge in [-0.05, 0) is 116 Å². The minimum atomic E-state index is -0.825. The van der Waals surface area contributed by atoms with Gasteiger partial charge in [-0.25, -0.2) is 0 Å². The van der Waals surface area contributed by atoms with Crippen LogP contribution in [0.5, 0.6) is 0 Å². The first-order chi connectivity index (χ1) is 27.6. The number of rotatable bonds is 36. The first kappa shape index (κ1) is 51.8. The summed E-state index contributed by atoms with van der Waals surface area (Å²) in [7, 11) is 0. The SMILES string of the molecule is CC/C=C\C/C=C\C/C=C\C/C=C\C/C=C\C/C=C\CCCCC(=O)OCC(CO)OC(=O)CCCC/C=C\C/C=C\C/C=C\C/C=C\C/C=C\C/C=C\CC. The molecule has 0 aliphatic carbocycles. The molecule has 0 aliphatic rings. The predicted octanol–water partition coefficient (Wildman–Crippen LogP) is 13.9. The molecular weight excluding hydrogens is 693 g/mol. The highest BCUT2D eigenvalue weighted by molar-refractivity contribution is 5.70. The largest absolute Gasteiger partial charge is 0.462 e. The van der Waals surface area contributed by atoms with Crippen molar-refractivity contribution in [1.29, 1.82) is 0 Å². The third kappa shape index (κ3) is 42.5. The van der Waals surface area contributed by atoms with Crippen LogP contribution in [-0.4, -0.2) is 36.4 Å². The molecule has 1 N–H and O–H groups in total. The Bertz CT molecular complexity index is 1280. The monoisotopic (exact) mass is 769 g/mol. The number of allylic oxidation sites excluding steroid dienone is 24. The van der Waals surface area contributed by atoms with E-state index in [2.05, 4.69) is 160 Å². The zero-order chi connectivity index (χ0) is 40.7. The number of aliphatic hydroxyl groups is 1. The lowest BCUT2D eigenvalue weighted by Crippen LogP contribution is -2.28. The van der Waals surface area contributed by atoms with E-state index in [4.69, 9.17) is 9.47 Å². The molecule has 56 heavy (non-hydrogen) atoms. The van der Waals surface area contributed by atoms with Gasteiger partial charge in [-0.2, -0.15) is 0 Å². The maximum Gasteiger partial charge on any atom is 0.306 e. The van der Waals surface area contributed by atoms with Gasteiger partial charge in [0, 0.05) is 12.8 Å². The van der Waals surface area contributed by atoms with Gasteiger partial charge in [-0.3, -0.25) is 9.59 Å². The molecule has 0 radical (unpaired) electrons. The van der Waals surface area contributed by atoms with Crippen molar-refractivity contribution in [2.45, 2.75) is 148 Å². The molecule has 0 aromatic heterocycles. The van der Waals surface area contributed by atoms with Crippen LogP contribution in [0.25, 0.3) is 0 Å². The molecular formula is C51H76O5. The molecule has 5 heteroatoms. The van der Waals surface area contributed by atoms with Gasteiger partial charge in [-0.1, -0.05) is 160 Å². The third-order valence-corrected chi connectivity index (χ3v) is 8.13. The van der Waals surface area contributed by atoms with Crippen LogP contribution in [0.1, 0.15) is 142 Å². The van der Waals surface area contributed by atoms with Gasteiger partial charge in [0.25, 0.3) is 0 Å². The summed E-state index contributed by atoms with van der Waals surface area (Å²) in [5.74, 6) is -0.710. The first-order valence-corrected chi connectivity index (χ1v) is 21.4. The van der Waals surface area contributed by atoms with E-state index >= 15 is 0 Å².